The third-order valence-corrected chi connectivity index (χ3v) is 3.66. The van der Waals surface area contributed by atoms with Crippen LogP contribution in [0.15, 0.2) is 18.2 Å². The molecule has 1 aromatic carbocycles. The van der Waals surface area contributed by atoms with E-state index in [1.54, 1.807) is 13.2 Å². The maximum Gasteiger partial charge on any atom is 0.139 e. The molecule has 1 fully saturated rings. The zero-order valence-electron chi connectivity index (χ0n) is 11.3. The Bertz CT molecular complexity index is 460. The number of ether oxygens (including phenoxy) is 2. The van der Waals surface area contributed by atoms with Gasteiger partial charge in [0.1, 0.15) is 17.4 Å². The maximum atomic E-state index is 9.11. The highest BCUT2D eigenvalue weighted by Gasteiger charge is 2.23. The predicted molar refractivity (Wildman–Crippen MR) is 73.8 cm³/mol. The molecule has 0 radical (unpaired) electrons. The second-order valence-corrected chi connectivity index (χ2v) is 5.05. The molecule has 4 heteroatoms. The molecule has 0 aliphatic heterocycles. The van der Waals surface area contributed by atoms with Gasteiger partial charge in [0.15, 0.2) is 0 Å². The van der Waals surface area contributed by atoms with Gasteiger partial charge in [-0.15, -0.1) is 0 Å². The number of anilines is 1. The van der Waals surface area contributed by atoms with Crippen molar-refractivity contribution in [1.29, 1.82) is 5.26 Å². The molecule has 0 heterocycles. The van der Waals surface area contributed by atoms with Crippen molar-refractivity contribution in [2.45, 2.75) is 31.8 Å². The summed E-state index contributed by atoms with van der Waals surface area (Å²) < 4.78 is 11.1. The highest BCUT2D eigenvalue weighted by atomic mass is 16.5. The third-order valence-electron chi connectivity index (χ3n) is 3.66. The van der Waals surface area contributed by atoms with Crippen molar-refractivity contribution in [3.8, 4) is 11.8 Å². The number of nitrogens with zero attached hydrogens (tertiary/aromatic N) is 1. The minimum atomic E-state index is 0.182. The largest absolute Gasteiger partial charge is 0.489 e. The van der Waals surface area contributed by atoms with Gasteiger partial charge in [-0.05, 0) is 43.7 Å². The van der Waals surface area contributed by atoms with Crippen LogP contribution in [0.2, 0.25) is 0 Å². The molecule has 1 aliphatic carbocycles. The Morgan fingerprint density at radius 3 is 2.68 bits per heavy atom. The number of hydrogen-bond donors (Lipinski definition) is 1. The van der Waals surface area contributed by atoms with Crippen molar-refractivity contribution >= 4 is 5.69 Å². The number of rotatable bonds is 4. The molecule has 1 aromatic rings. The summed E-state index contributed by atoms with van der Waals surface area (Å²) in [5.41, 5.74) is 6.71. The Labute approximate surface area is 114 Å². The van der Waals surface area contributed by atoms with Crippen LogP contribution in [0.1, 0.15) is 31.2 Å². The van der Waals surface area contributed by atoms with Gasteiger partial charge in [0.05, 0.1) is 11.8 Å². The van der Waals surface area contributed by atoms with Crippen LogP contribution in [0.5, 0.6) is 5.75 Å². The molecule has 2 N–H and O–H groups in total. The average molecular weight is 260 g/mol. The van der Waals surface area contributed by atoms with Crippen LogP contribution in [-0.2, 0) is 4.74 Å². The van der Waals surface area contributed by atoms with E-state index in [0.717, 1.165) is 32.3 Å². The molecule has 4 nitrogen and oxygen atoms in total. The van der Waals surface area contributed by atoms with E-state index in [-0.39, 0.29) is 6.10 Å². The van der Waals surface area contributed by atoms with E-state index in [9.17, 15) is 0 Å². The monoisotopic (exact) mass is 260 g/mol. The smallest absolute Gasteiger partial charge is 0.139 e. The van der Waals surface area contributed by atoms with Gasteiger partial charge in [0.2, 0.25) is 0 Å². The first kappa shape index (κ1) is 13.7. The zero-order chi connectivity index (χ0) is 13.7. The molecule has 1 saturated carbocycles. The van der Waals surface area contributed by atoms with Crippen molar-refractivity contribution in [1.82, 2.24) is 0 Å². The normalized spacial score (nSPS) is 22.7. The van der Waals surface area contributed by atoms with Gasteiger partial charge in [0, 0.05) is 13.7 Å². The molecule has 0 spiro atoms. The SMILES string of the molecule is COCC1CCC(Oc2cccc(N)c2C#N)CC1. The van der Waals surface area contributed by atoms with Crippen molar-refractivity contribution in [3.63, 3.8) is 0 Å². The van der Waals surface area contributed by atoms with E-state index in [0.29, 0.717) is 22.9 Å². The topological polar surface area (TPSA) is 68.3 Å². The lowest BCUT2D eigenvalue weighted by atomic mass is 9.88. The number of nitrogen functional groups attached to an aromatic ring is 1. The molecule has 1 aliphatic rings. The molecule has 2 rings (SSSR count). The number of hydrogen-bond acceptors (Lipinski definition) is 4. The lowest BCUT2D eigenvalue weighted by molar-refractivity contribution is 0.0839. The van der Waals surface area contributed by atoms with Crippen molar-refractivity contribution < 1.29 is 9.47 Å². The van der Waals surface area contributed by atoms with Gasteiger partial charge in [0.25, 0.3) is 0 Å². The summed E-state index contributed by atoms with van der Waals surface area (Å²) in [5.74, 6) is 1.25. The Balaban J connectivity index is 1.96. The number of nitriles is 1. The third kappa shape index (κ3) is 3.39. The van der Waals surface area contributed by atoms with Crippen LogP contribution in [0.4, 0.5) is 5.69 Å². The first-order valence-electron chi connectivity index (χ1n) is 6.68. The molecule has 0 aromatic heterocycles. The number of methoxy groups -OCH3 is 1. The fraction of sp³-hybridized carbons (Fsp3) is 0.533. The highest BCUT2D eigenvalue weighted by Crippen LogP contribution is 2.30. The quantitative estimate of drug-likeness (QED) is 0.845. The summed E-state index contributed by atoms with van der Waals surface area (Å²) in [5, 5.41) is 9.11. The molecule has 0 saturated heterocycles. The number of benzene rings is 1. The molecule has 0 atom stereocenters. The summed E-state index contributed by atoms with van der Waals surface area (Å²) in [6.07, 6.45) is 4.43. The van der Waals surface area contributed by atoms with Crippen molar-refractivity contribution in [2.75, 3.05) is 19.5 Å². The lowest BCUT2D eigenvalue weighted by Crippen LogP contribution is -2.26. The fourth-order valence-corrected chi connectivity index (χ4v) is 2.60. The van der Waals surface area contributed by atoms with Crippen LogP contribution in [0.3, 0.4) is 0 Å². The van der Waals surface area contributed by atoms with E-state index in [4.69, 9.17) is 20.5 Å². The molecule has 0 unspecified atom stereocenters. The zero-order valence-corrected chi connectivity index (χ0v) is 11.3. The molecular formula is C15H20N2O2. The predicted octanol–water partition coefficient (Wildman–Crippen LogP) is 2.72. The van der Waals surface area contributed by atoms with Gasteiger partial charge >= 0.3 is 0 Å². The van der Waals surface area contributed by atoms with E-state index in [1.807, 2.05) is 12.1 Å². The lowest BCUT2D eigenvalue weighted by Gasteiger charge is -2.28. The molecule has 19 heavy (non-hydrogen) atoms. The Kier molecular flexibility index (Phi) is 4.64. The molecule has 0 amide bonds. The first-order valence-corrected chi connectivity index (χ1v) is 6.68. The second-order valence-electron chi connectivity index (χ2n) is 5.05. The second kappa shape index (κ2) is 6.44. The summed E-state index contributed by atoms with van der Waals surface area (Å²) in [6, 6.07) is 7.47. The summed E-state index contributed by atoms with van der Waals surface area (Å²) in [6.45, 7) is 0.828. The molecular weight excluding hydrogens is 240 g/mol. The summed E-state index contributed by atoms with van der Waals surface area (Å²) in [4.78, 5) is 0. The summed E-state index contributed by atoms with van der Waals surface area (Å²) >= 11 is 0. The van der Waals surface area contributed by atoms with E-state index in [2.05, 4.69) is 6.07 Å². The standard InChI is InChI=1S/C15H20N2O2/c1-18-10-11-5-7-12(8-6-11)19-15-4-2-3-14(17)13(15)9-16/h2-4,11-12H,5-8,10,17H2,1H3. The van der Waals surface area contributed by atoms with Crippen molar-refractivity contribution in [3.05, 3.63) is 23.8 Å². The highest BCUT2D eigenvalue weighted by molar-refractivity contribution is 5.60. The molecule has 102 valence electrons. The Morgan fingerprint density at radius 1 is 1.32 bits per heavy atom. The van der Waals surface area contributed by atoms with Crippen molar-refractivity contribution in [2.24, 2.45) is 5.92 Å². The first-order chi connectivity index (χ1) is 9.24. The van der Waals surface area contributed by atoms with Gasteiger partial charge in [-0.25, -0.2) is 0 Å². The summed E-state index contributed by atoms with van der Waals surface area (Å²) in [7, 11) is 1.74. The van der Waals surface area contributed by atoms with Gasteiger partial charge in [-0.3, -0.25) is 0 Å². The van der Waals surface area contributed by atoms with Gasteiger partial charge in [-0.1, -0.05) is 6.07 Å². The van der Waals surface area contributed by atoms with E-state index >= 15 is 0 Å². The van der Waals surface area contributed by atoms with E-state index < -0.39 is 0 Å². The minimum Gasteiger partial charge on any atom is -0.489 e. The Hall–Kier alpha value is -1.73. The van der Waals surface area contributed by atoms with E-state index in [1.165, 1.54) is 0 Å². The molecule has 0 bridgehead atoms. The van der Waals surface area contributed by atoms with Crippen LogP contribution >= 0.6 is 0 Å². The van der Waals surface area contributed by atoms with Gasteiger partial charge in [-0.2, -0.15) is 5.26 Å². The van der Waals surface area contributed by atoms with Crippen LogP contribution in [0, 0.1) is 17.2 Å². The maximum absolute atomic E-state index is 9.11. The fourth-order valence-electron chi connectivity index (χ4n) is 2.60. The van der Waals surface area contributed by atoms with Crippen LogP contribution in [-0.4, -0.2) is 19.8 Å². The Morgan fingerprint density at radius 2 is 2.05 bits per heavy atom. The number of nitrogens with two attached hydrogens (primary N) is 1. The average Bonchev–Trinajstić information content (AvgIpc) is 2.42. The minimum absolute atomic E-state index is 0.182. The van der Waals surface area contributed by atoms with Crippen LogP contribution in [0.25, 0.3) is 0 Å². The van der Waals surface area contributed by atoms with Gasteiger partial charge < -0.3 is 15.2 Å². The van der Waals surface area contributed by atoms with Crippen LogP contribution < -0.4 is 10.5 Å².